The number of rotatable bonds is 8. The number of benzene rings is 1. The summed E-state index contributed by atoms with van der Waals surface area (Å²) in [4.78, 5) is 37.8. The Balaban J connectivity index is 1.86. The zero-order valence-electron chi connectivity index (χ0n) is 16.5. The van der Waals surface area contributed by atoms with Crippen molar-refractivity contribution in [1.82, 2.24) is 10.2 Å². The van der Waals surface area contributed by atoms with Crippen molar-refractivity contribution in [3.63, 3.8) is 0 Å². The minimum absolute atomic E-state index is 0.0332. The molecule has 1 aliphatic rings. The molecule has 1 atom stereocenters. The molecule has 9 nitrogen and oxygen atoms in total. The predicted octanol–water partition coefficient (Wildman–Crippen LogP) is 0.344. The second kappa shape index (κ2) is 9.93. The van der Waals surface area contributed by atoms with Gasteiger partial charge in [0, 0.05) is 18.3 Å². The summed E-state index contributed by atoms with van der Waals surface area (Å²) < 4.78 is 10.9. The van der Waals surface area contributed by atoms with E-state index in [4.69, 9.17) is 15.2 Å². The first-order valence-corrected chi connectivity index (χ1v) is 9.32. The first-order valence-electron chi connectivity index (χ1n) is 9.32. The molecule has 1 aromatic carbocycles. The van der Waals surface area contributed by atoms with Gasteiger partial charge in [0.05, 0.1) is 19.1 Å². The molecule has 0 unspecified atom stereocenters. The Hall–Kier alpha value is -2.81. The average molecular weight is 392 g/mol. The number of hydrogen-bond acceptors (Lipinski definition) is 6. The molecule has 0 aliphatic carbocycles. The number of ether oxygens (including phenoxy) is 2. The van der Waals surface area contributed by atoms with Gasteiger partial charge in [-0.15, -0.1) is 0 Å². The van der Waals surface area contributed by atoms with Gasteiger partial charge in [-0.1, -0.05) is 13.8 Å². The molecule has 9 heteroatoms. The van der Waals surface area contributed by atoms with Crippen molar-refractivity contribution in [2.75, 3.05) is 38.2 Å². The summed E-state index contributed by atoms with van der Waals surface area (Å²) in [7, 11) is 0. The van der Waals surface area contributed by atoms with E-state index in [0.29, 0.717) is 36.9 Å². The average Bonchev–Trinajstić information content (AvgIpc) is 2.69. The number of hydrogen-bond donors (Lipinski definition) is 3. The second-order valence-corrected chi connectivity index (χ2v) is 6.80. The minimum Gasteiger partial charge on any atom is -0.486 e. The van der Waals surface area contributed by atoms with E-state index in [1.54, 1.807) is 25.1 Å². The largest absolute Gasteiger partial charge is 0.486 e. The maximum absolute atomic E-state index is 12.3. The minimum atomic E-state index is -0.679. The van der Waals surface area contributed by atoms with Gasteiger partial charge in [0.25, 0.3) is 0 Å². The van der Waals surface area contributed by atoms with Crippen molar-refractivity contribution in [1.29, 1.82) is 0 Å². The molecule has 28 heavy (non-hydrogen) atoms. The molecule has 3 amide bonds. The molecule has 1 aromatic rings. The van der Waals surface area contributed by atoms with Gasteiger partial charge in [-0.3, -0.25) is 14.4 Å². The summed E-state index contributed by atoms with van der Waals surface area (Å²) in [5.74, 6) is 0.0668. The van der Waals surface area contributed by atoms with Crippen LogP contribution in [-0.4, -0.2) is 61.5 Å². The Morgan fingerprint density at radius 1 is 1.18 bits per heavy atom. The van der Waals surface area contributed by atoms with Gasteiger partial charge in [0.15, 0.2) is 11.5 Å². The summed E-state index contributed by atoms with van der Waals surface area (Å²) in [6, 6.07) is 4.43. The molecule has 0 radical (unpaired) electrons. The third-order valence-corrected chi connectivity index (χ3v) is 4.33. The first-order chi connectivity index (χ1) is 13.3. The Labute approximate surface area is 164 Å². The Bertz CT molecular complexity index is 722. The van der Waals surface area contributed by atoms with Crippen LogP contribution in [0.15, 0.2) is 18.2 Å². The van der Waals surface area contributed by atoms with E-state index in [9.17, 15) is 14.4 Å². The van der Waals surface area contributed by atoms with Crippen molar-refractivity contribution in [3.05, 3.63) is 18.2 Å². The summed E-state index contributed by atoms with van der Waals surface area (Å²) in [6.45, 7) is 6.36. The van der Waals surface area contributed by atoms with Crippen LogP contribution >= 0.6 is 0 Å². The third-order valence-electron chi connectivity index (χ3n) is 4.33. The van der Waals surface area contributed by atoms with Crippen molar-refractivity contribution < 1.29 is 23.9 Å². The number of amides is 3. The number of anilines is 1. The molecule has 4 N–H and O–H groups in total. The van der Waals surface area contributed by atoms with E-state index in [1.165, 1.54) is 4.90 Å². The lowest BCUT2D eigenvalue weighted by atomic mass is 10.1. The standard InChI is InChI=1S/C19H28N4O5/c1-4-23(17(25)10-21-19(26)18(20)12(2)3)11-16(24)22-13-5-6-14-15(9-13)28-8-7-27-14/h5-6,9,12,18H,4,7-8,10-11,20H2,1-3H3,(H,21,26)(H,22,24)/t18-/m0/s1. The number of fused-ring (bicyclic) bond motifs is 1. The molecule has 0 saturated carbocycles. The van der Waals surface area contributed by atoms with Gasteiger partial charge in [-0.2, -0.15) is 0 Å². The van der Waals surface area contributed by atoms with Crippen LogP contribution in [-0.2, 0) is 14.4 Å². The SMILES string of the molecule is CCN(CC(=O)Nc1ccc2c(c1)OCCO2)C(=O)CNC(=O)[C@@H](N)C(C)C. The van der Waals surface area contributed by atoms with Crippen LogP contribution < -0.4 is 25.8 Å². The van der Waals surface area contributed by atoms with Crippen molar-refractivity contribution in [2.45, 2.75) is 26.8 Å². The van der Waals surface area contributed by atoms with E-state index in [0.717, 1.165) is 0 Å². The van der Waals surface area contributed by atoms with Crippen molar-refractivity contribution in [2.24, 2.45) is 11.7 Å². The van der Waals surface area contributed by atoms with E-state index < -0.39 is 6.04 Å². The van der Waals surface area contributed by atoms with Crippen molar-refractivity contribution in [3.8, 4) is 11.5 Å². The number of nitrogens with two attached hydrogens (primary N) is 1. The van der Waals surface area contributed by atoms with Gasteiger partial charge in [0.1, 0.15) is 13.2 Å². The molecule has 0 spiro atoms. The lowest BCUT2D eigenvalue weighted by molar-refractivity contribution is -0.135. The highest BCUT2D eigenvalue weighted by atomic mass is 16.6. The Morgan fingerprint density at radius 3 is 2.50 bits per heavy atom. The number of likely N-dealkylation sites (N-methyl/N-ethyl adjacent to an activating group) is 1. The fraction of sp³-hybridized carbons (Fsp3) is 0.526. The van der Waals surface area contributed by atoms with Crippen LogP contribution in [0, 0.1) is 5.92 Å². The lowest BCUT2D eigenvalue weighted by Gasteiger charge is -2.22. The molecule has 0 bridgehead atoms. The van der Waals surface area contributed by atoms with Crippen LogP contribution in [0.2, 0.25) is 0 Å². The zero-order chi connectivity index (χ0) is 20.7. The van der Waals surface area contributed by atoms with Gasteiger partial charge in [-0.05, 0) is 25.0 Å². The Morgan fingerprint density at radius 2 is 1.86 bits per heavy atom. The van der Waals surface area contributed by atoms with E-state index >= 15 is 0 Å². The molecule has 1 heterocycles. The topological polar surface area (TPSA) is 123 Å². The van der Waals surface area contributed by atoms with Crippen LogP contribution in [0.1, 0.15) is 20.8 Å². The quantitative estimate of drug-likeness (QED) is 0.586. The van der Waals surface area contributed by atoms with Gasteiger partial charge in [0.2, 0.25) is 17.7 Å². The fourth-order valence-electron chi connectivity index (χ4n) is 2.57. The maximum atomic E-state index is 12.3. The highest BCUT2D eigenvalue weighted by Gasteiger charge is 2.21. The van der Waals surface area contributed by atoms with E-state index in [-0.39, 0.29) is 36.7 Å². The number of carbonyl (C=O) groups excluding carboxylic acids is 3. The summed E-state index contributed by atoms with van der Waals surface area (Å²) in [5.41, 5.74) is 6.30. The van der Waals surface area contributed by atoms with Crippen LogP contribution in [0.3, 0.4) is 0 Å². The zero-order valence-corrected chi connectivity index (χ0v) is 16.5. The summed E-state index contributed by atoms with van der Waals surface area (Å²) in [5, 5.41) is 5.25. The Kier molecular flexibility index (Phi) is 7.62. The fourth-order valence-corrected chi connectivity index (χ4v) is 2.57. The summed E-state index contributed by atoms with van der Waals surface area (Å²) >= 11 is 0. The number of nitrogens with one attached hydrogen (secondary N) is 2. The number of carbonyl (C=O) groups is 3. The number of nitrogens with zero attached hydrogens (tertiary/aromatic N) is 1. The molecular formula is C19H28N4O5. The highest BCUT2D eigenvalue weighted by molar-refractivity contribution is 5.95. The first kappa shape index (κ1) is 21.5. The van der Waals surface area contributed by atoms with Gasteiger partial charge >= 0.3 is 0 Å². The lowest BCUT2D eigenvalue weighted by Crippen LogP contribution is -2.48. The van der Waals surface area contributed by atoms with Crippen LogP contribution in [0.4, 0.5) is 5.69 Å². The van der Waals surface area contributed by atoms with Crippen LogP contribution in [0.25, 0.3) is 0 Å². The van der Waals surface area contributed by atoms with Crippen molar-refractivity contribution >= 4 is 23.4 Å². The van der Waals surface area contributed by atoms with E-state index in [2.05, 4.69) is 10.6 Å². The molecule has 0 fully saturated rings. The molecule has 0 aromatic heterocycles. The predicted molar refractivity (Wildman–Crippen MR) is 104 cm³/mol. The van der Waals surface area contributed by atoms with Crippen LogP contribution in [0.5, 0.6) is 11.5 Å². The van der Waals surface area contributed by atoms with Gasteiger partial charge in [-0.25, -0.2) is 0 Å². The summed E-state index contributed by atoms with van der Waals surface area (Å²) in [6.07, 6.45) is 0. The normalized spacial score (nSPS) is 13.6. The van der Waals surface area contributed by atoms with E-state index in [1.807, 2.05) is 13.8 Å². The monoisotopic (exact) mass is 392 g/mol. The molecule has 2 rings (SSSR count). The highest BCUT2D eigenvalue weighted by Crippen LogP contribution is 2.32. The smallest absolute Gasteiger partial charge is 0.243 e. The maximum Gasteiger partial charge on any atom is 0.243 e. The molecular weight excluding hydrogens is 364 g/mol. The molecule has 154 valence electrons. The molecule has 1 aliphatic heterocycles. The second-order valence-electron chi connectivity index (χ2n) is 6.80. The third kappa shape index (κ3) is 5.85. The molecule has 0 saturated heterocycles. The van der Waals surface area contributed by atoms with Gasteiger partial charge < -0.3 is 30.7 Å².